The number of hydrogen-bond acceptors (Lipinski definition) is 3. The van der Waals surface area contributed by atoms with Crippen molar-refractivity contribution in [3.05, 3.63) is 28.8 Å². The standard InChI is InChI=1S/C13H18ClNO2/c1-9-6-15(7-10(2)17-9)8-11-12(14)4-3-5-13(11)16/h3-5,9-10,16H,6-8H2,1-2H3. The van der Waals surface area contributed by atoms with E-state index in [2.05, 4.69) is 18.7 Å². The summed E-state index contributed by atoms with van der Waals surface area (Å²) in [6, 6.07) is 5.24. The van der Waals surface area contributed by atoms with Gasteiger partial charge in [-0.25, -0.2) is 0 Å². The third kappa shape index (κ3) is 3.12. The molecule has 1 aromatic rings. The van der Waals surface area contributed by atoms with E-state index in [1.165, 1.54) is 0 Å². The van der Waals surface area contributed by atoms with Crippen molar-refractivity contribution in [2.75, 3.05) is 13.1 Å². The molecule has 1 fully saturated rings. The van der Waals surface area contributed by atoms with Gasteiger partial charge in [0.05, 0.1) is 12.2 Å². The molecule has 1 saturated heterocycles. The topological polar surface area (TPSA) is 32.7 Å². The SMILES string of the molecule is CC1CN(Cc2c(O)cccc2Cl)CC(C)O1. The average Bonchev–Trinajstić information content (AvgIpc) is 2.22. The number of halogens is 1. The van der Waals surface area contributed by atoms with Crippen LogP contribution in [0.15, 0.2) is 18.2 Å². The highest BCUT2D eigenvalue weighted by atomic mass is 35.5. The quantitative estimate of drug-likeness (QED) is 0.882. The molecule has 94 valence electrons. The van der Waals surface area contributed by atoms with E-state index in [4.69, 9.17) is 16.3 Å². The van der Waals surface area contributed by atoms with Gasteiger partial charge in [-0.2, -0.15) is 0 Å². The highest BCUT2D eigenvalue weighted by molar-refractivity contribution is 6.31. The molecule has 2 unspecified atom stereocenters. The zero-order chi connectivity index (χ0) is 12.4. The monoisotopic (exact) mass is 255 g/mol. The summed E-state index contributed by atoms with van der Waals surface area (Å²) in [6.07, 6.45) is 0.451. The fraction of sp³-hybridized carbons (Fsp3) is 0.538. The Kier molecular flexibility index (Phi) is 3.92. The molecule has 0 bridgehead atoms. The van der Waals surface area contributed by atoms with Crippen LogP contribution in [0.4, 0.5) is 0 Å². The highest BCUT2D eigenvalue weighted by Crippen LogP contribution is 2.27. The summed E-state index contributed by atoms with van der Waals surface area (Å²) in [4.78, 5) is 2.26. The van der Waals surface area contributed by atoms with Gasteiger partial charge in [-0.05, 0) is 26.0 Å². The molecule has 0 amide bonds. The molecule has 0 saturated carbocycles. The smallest absolute Gasteiger partial charge is 0.121 e. The van der Waals surface area contributed by atoms with Gasteiger partial charge in [0.25, 0.3) is 0 Å². The first-order valence-corrected chi connectivity index (χ1v) is 6.28. The summed E-state index contributed by atoms with van der Waals surface area (Å²) in [5.41, 5.74) is 0.801. The van der Waals surface area contributed by atoms with Crippen LogP contribution in [0.3, 0.4) is 0 Å². The summed E-state index contributed by atoms with van der Waals surface area (Å²) < 4.78 is 5.68. The molecule has 2 atom stereocenters. The van der Waals surface area contributed by atoms with Gasteiger partial charge < -0.3 is 9.84 Å². The van der Waals surface area contributed by atoms with Gasteiger partial charge in [0.2, 0.25) is 0 Å². The van der Waals surface area contributed by atoms with Crippen molar-refractivity contribution in [3.63, 3.8) is 0 Å². The number of nitrogens with zero attached hydrogens (tertiary/aromatic N) is 1. The maximum absolute atomic E-state index is 9.81. The molecule has 1 aromatic carbocycles. The number of benzene rings is 1. The molecule has 1 aliphatic heterocycles. The fourth-order valence-corrected chi connectivity index (χ4v) is 2.57. The first-order valence-electron chi connectivity index (χ1n) is 5.90. The van der Waals surface area contributed by atoms with Crippen LogP contribution in [-0.4, -0.2) is 35.3 Å². The molecular weight excluding hydrogens is 238 g/mol. The number of phenols is 1. The predicted octanol–water partition coefficient (Wildman–Crippen LogP) is 2.65. The van der Waals surface area contributed by atoms with Crippen LogP contribution in [0.2, 0.25) is 5.02 Å². The summed E-state index contributed by atoms with van der Waals surface area (Å²) >= 11 is 6.10. The van der Waals surface area contributed by atoms with Crippen LogP contribution in [0.25, 0.3) is 0 Å². The zero-order valence-corrected chi connectivity index (χ0v) is 10.9. The summed E-state index contributed by atoms with van der Waals surface area (Å²) in [5, 5.41) is 10.4. The normalized spacial score (nSPS) is 26.1. The van der Waals surface area contributed by atoms with Gasteiger partial charge in [0.15, 0.2) is 0 Å². The van der Waals surface area contributed by atoms with Gasteiger partial charge in [-0.15, -0.1) is 0 Å². The van der Waals surface area contributed by atoms with Crippen molar-refractivity contribution in [2.45, 2.75) is 32.6 Å². The molecule has 1 N–H and O–H groups in total. The molecule has 2 rings (SSSR count). The molecular formula is C13H18ClNO2. The lowest BCUT2D eigenvalue weighted by molar-refractivity contribution is -0.0706. The number of phenolic OH excluding ortho intramolecular Hbond substituents is 1. The largest absolute Gasteiger partial charge is 0.508 e. The van der Waals surface area contributed by atoms with Crippen LogP contribution in [-0.2, 0) is 11.3 Å². The Morgan fingerprint density at radius 1 is 1.35 bits per heavy atom. The predicted molar refractivity (Wildman–Crippen MR) is 68.4 cm³/mol. The van der Waals surface area contributed by atoms with Crippen LogP contribution >= 0.6 is 11.6 Å². The van der Waals surface area contributed by atoms with Crippen LogP contribution in [0.1, 0.15) is 19.4 Å². The fourth-order valence-electron chi connectivity index (χ4n) is 2.34. The Hall–Kier alpha value is -0.770. The molecule has 4 heteroatoms. The average molecular weight is 256 g/mol. The van der Waals surface area contributed by atoms with Crippen molar-refractivity contribution < 1.29 is 9.84 Å². The van der Waals surface area contributed by atoms with Gasteiger partial charge in [0.1, 0.15) is 5.75 Å². The Balaban J connectivity index is 2.10. The van der Waals surface area contributed by atoms with Gasteiger partial charge in [0, 0.05) is 30.2 Å². The van der Waals surface area contributed by atoms with Crippen molar-refractivity contribution in [3.8, 4) is 5.75 Å². The van der Waals surface area contributed by atoms with Crippen molar-refractivity contribution >= 4 is 11.6 Å². The van der Waals surface area contributed by atoms with Crippen LogP contribution in [0.5, 0.6) is 5.75 Å². The van der Waals surface area contributed by atoms with E-state index in [0.29, 0.717) is 11.6 Å². The van der Waals surface area contributed by atoms with E-state index < -0.39 is 0 Å². The molecule has 0 spiro atoms. The number of aromatic hydroxyl groups is 1. The number of hydrogen-bond donors (Lipinski definition) is 1. The molecule has 0 aliphatic carbocycles. The minimum absolute atomic E-state index is 0.225. The lowest BCUT2D eigenvalue weighted by atomic mass is 10.1. The third-order valence-corrected chi connectivity index (χ3v) is 3.33. The van der Waals surface area contributed by atoms with E-state index in [9.17, 15) is 5.11 Å². The minimum atomic E-state index is 0.225. The molecule has 1 aliphatic rings. The summed E-state index contributed by atoms with van der Waals surface area (Å²) in [7, 11) is 0. The number of ether oxygens (including phenoxy) is 1. The molecule has 17 heavy (non-hydrogen) atoms. The minimum Gasteiger partial charge on any atom is -0.508 e. The lowest BCUT2D eigenvalue weighted by Gasteiger charge is -2.35. The van der Waals surface area contributed by atoms with Gasteiger partial charge >= 0.3 is 0 Å². The highest BCUT2D eigenvalue weighted by Gasteiger charge is 2.23. The Morgan fingerprint density at radius 3 is 2.59 bits per heavy atom. The number of rotatable bonds is 2. The lowest BCUT2D eigenvalue weighted by Crippen LogP contribution is -2.44. The van der Waals surface area contributed by atoms with Crippen LogP contribution in [0, 0.1) is 0 Å². The second-order valence-corrected chi connectivity index (χ2v) is 5.10. The van der Waals surface area contributed by atoms with Crippen LogP contribution < -0.4 is 0 Å². The Bertz CT molecular complexity index is 367. The Labute approximate surface area is 107 Å². The first-order chi connectivity index (χ1) is 8.06. The zero-order valence-electron chi connectivity index (χ0n) is 10.2. The second kappa shape index (κ2) is 5.25. The van der Waals surface area contributed by atoms with Gasteiger partial charge in [-0.1, -0.05) is 17.7 Å². The molecule has 1 heterocycles. The molecule has 0 aromatic heterocycles. The van der Waals surface area contributed by atoms with E-state index in [1.54, 1.807) is 12.1 Å². The van der Waals surface area contributed by atoms with Crippen molar-refractivity contribution in [1.29, 1.82) is 0 Å². The Morgan fingerprint density at radius 2 is 2.00 bits per heavy atom. The van der Waals surface area contributed by atoms with E-state index in [0.717, 1.165) is 18.7 Å². The van der Waals surface area contributed by atoms with E-state index in [1.807, 2.05) is 6.07 Å². The van der Waals surface area contributed by atoms with Crippen molar-refractivity contribution in [2.24, 2.45) is 0 Å². The van der Waals surface area contributed by atoms with Gasteiger partial charge in [-0.3, -0.25) is 4.90 Å². The maximum atomic E-state index is 9.81. The van der Waals surface area contributed by atoms with E-state index in [-0.39, 0.29) is 18.0 Å². The summed E-state index contributed by atoms with van der Waals surface area (Å²) in [5.74, 6) is 0.268. The first kappa shape index (κ1) is 12.7. The van der Waals surface area contributed by atoms with E-state index >= 15 is 0 Å². The maximum Gasteiger partial charge on any atom is 0.121 e. The summed E-state index contributed by atoms with van der Waals surface area (Å²) in [6.45, 7) is 6.54. The third-order valence-electron chi connectivity index (χ3n) is 2.97. The number of morpholine rings is 1. The second-order valence-electron chi connectivity index (χ2n) is 4.69. The van der Waals surface area contributed by atoms with Crippen molar-refractivity contribution in [1.82, 2.24) is 4.90 Å². The molecule has 0 radical (unpaired) electrons. The molecule has 3 nitrogen and oxygen atoms in total.